The predicted molar refractivity (Wildman–Crippen MR) is 87.8 cm³/mol. The molecule has 2 aromatic rings. The molecule has 0 unspecified atom stereocenters. The van der Waals surface area contributed by atoms with Gasteiger partial charge in [0.2, 0.25) is 0 Å². The minimum atomic E-state index is -4.70. The third-order valence-electron chi connectivity index (χ3n) is 3.18. The van der Waals surface area contributed by atoms with E-state index in [4.69, 9.17) is 4.74 Å². The van der Waals surface area contributed by atoms with Crippen LogP contribution in [-0.4, -0.2) is 23.0 Å². The number of aromatic hydroxyl groups is 1. The van der Waals surface area contributed by atoms with E-state index in [0.717, 1.165) is 12.1 Å². The van der Waals surface area contributed by atoms with Crippen LogP contribution in [0.4, 0.5) is 13.2 Å². The summed E-state index contributed by atoms with van der Waals surface area (Å²) in [4.78, 5) is 25.3. The zero-order valence-electron chi connectivity index (χ0n) is 12.6. The Hall–Kier alpha value is -2.55. The standard InChI is InChI=1S/C16H11BrF3NO4/c1-25-12-7-8(6-10(17)14(12)23)2-4-11(22)9-3-5-13(16(18,19)20)21-15(9)24/h2-7,23H,1H3,(H,21,24)/b4-2+. The maximum atomic E-state index is 12.5. The Morgan fingerprint density at radius 2 is 2.00 bits per heavy atom. The molecule has 132 valence electrons. The molecule has 5 nitrogen and oxygen atoms in total. The van der Waals surface area contributed by atoms with Gasteiger partial charge in [-0.25, -0.2) is 0 Å². The predicted octanol–water partition coefficient (Wildman–Crippen LogP) is 3.77. The normalized spacial score (nSPS) is 11.7. The Morgan fingerprint density at radius 3 is 2.56 bits per heavy atom. The maximum absolute atomic E-state index is 12.5. The van der Waals surface area contributed by atoms with Gasteiger partial charge in [-0.05, 0) is 51.8 Å². The molecular weight excluding hydrogens is 407 g/mol. The van der Waals surface area contributed by atoms with Crippen molar-refractivity contribution in [2.24, 2.45) is 0 Å². The molecule has 0 fully saturated rings. The molecule has 0 saturated carbocycles. The number of rotatable bonds is 4. The van der Waals surface area contributed by atoms with E-state index in [0.29, 0.717) is 16.1 Å². The molecule has 1 heterocycles. The van der Waals surface area contributed by atoms with Crippen LogP contribution in [0, 0.1) is 0 Å². The topological polar surface area (TPSA) is 79.4 Å². The van der Waals surface area contributed by atoms with E-state index < -0.39 is 28.8 Å². The van der Waals surface area contributed by atoms with E-state index in [1.807, 2.05) is 0 Å². The van der Waals surface area contributed by atoms with Crippen LogP contribution in [0.15, 0.2) is 39.6 Å². The summed E-state index contributed by atoms with van der Waals surface area (Å²) in [6.07, 6.45) is -2.33. The quantitative estimate of drug-likeness (QED) is 0.586. The van der Waals surface area contributed by atoms with E-state index in [-0.39, 0.29) is 11.5 Å². The fourth-order valence-electron chi connectivity index (χ4n) is 1.94. The number of hydrogen-bond acceptors (Lipinski definition) is 4. The summed E-state index contributed by atoms with van der Waals surface area (Å²) >= 11 is 3.12. The molecule has 1 aromatic carbocycles. The number of phenolic OH excluding ortho intramolecular Hbond substituents is 1. The molecule has 2 rings (SSSR count). The highest BCUT2D eigenvalue weighted by atomic mass is 79.9. The molecule has 0 atom stereocenters. The summed E-state index contributed by atoms with van der Waals surface area (Å²) in [5.41, 5.74) is -2.31. The van der Waals surface area contributed by atoms with Crippen molar-refractivity contribution in [2.75, 3.05) is 7.11 Å². The van der Waals surface area contributed by atoms with Crippen molar-refractivity contribution in [3.8, 4) is 11.5 Å². The van der Waals surface area contributed by atoms with Gasteiger partial charge in [-0.2, -0.15) is 13.2 Å². The molecule has 0 bridgehead atoms. The first-order valence-corrected chi connectivity index (χ1v) is 7.52. The summed E-state index contributed by atoms with van der Waals surface area (Å²) in [7, 11) is 1.35. The Morgan fingerprint density at radius 1 is 1.32 bits per heavy atom. The SMILES string of the molecule is COc1cc(/C=C/C(=O)c2ccc(C(F)(F)F)[nH]c2=O)cc(Br)c1O. The zero-order valence-corrected chi connectivity index (χ0v) is 14.2. The average Bonchev–Trinajstić information content (AvgIpc) is 2.54. The van der Waals surface area contributed by atoms with E-state index in [1.165, 1.54) is 25.3 Å². The maximum Gasteiger partial charge on any atom is 0.431 e. The number of benzene rings is 1. The highest BCUT2D eigenvalue weighted by molar-refractivity contribution is 9.10. The first-order chi connectivity index (χ1) is 11.6. The molecule has 25 heavy (non-hydrogen) atoms. The number of carbonyl (C=O) groups is 1. The Bertz CT molecular complexity index is 903. The van der Waals surface area contributed by atoms with Gasteiger partial charge >= 0.3 is 6.18 Å². The van der Waals surface area contributed by atoms with Gasteiger partial charge in [0.1, 0.15) is 5.69 Å². The van der Waals surface area contributed by atoms with E-state index >= 15 is 0 Å². The number of H-pyrrole nitrogens is 1. The van der Waals surface area contributed by atoms with Crippen molar-refractivity contribution in [3.05, 3.63) is 62.0 Å². The van der Waals surface area contributed by atoms with E-state index in [2.05, 4.69) is 15.9 Å². The molecule has 2 N–H and O–H groups in total. The van der Waals surface area contributed by atoms with Gasteiger partial charge in [-0.1, -0.05) is 6.08 Å². The number of allylic oxidation sites excluding steroid dienone is 1. The lowest BCUT2D eigenvalue weighted by Gasteiger charge is -2.07. The fraction of sp³-hybridized carbons (Fsp3) is 0.125. The number of alkyl halides is 3. The lowest BCUT2D eigenvalue weighted by atomic mass is 10.1. The zero-order chi connectivity index (χ0) is 18.8. The number of methoxy groups -OCH3 is 1. The van der Waals surface area contributed by atoms with Crippen LogP contribution >= 0.6 is 15.9 Å². The van der Waals surface area contributed by atoms with Crippen molar-refractivity contribution in [2.45, 2.75) is 6.18 Å². The number of ketones is 1. The number of phenols is 1. The lowest BCUT2D eigenvalue weighted by Crippen LogP contribution is -2.21. The van der Waals surface area contributed by atoms with Crippen LogP contribution in [0.2, 0.25) is 0 Å². The van der Waals surface area contributed by atoms with Crippen LogP contribution in [0.3, 0.4) is 0 Å². The van der Waals surface area contributed by atoms with Crippen molar-refractivity contribution in [1.82, 2.24) is 4.98 Å². The lowest BCUT2D eigenvalue weighted by molar-refractivity contribution is -0.141. The number of halogens is 4. The minimum absolute atomic E-state index is 0.120. The largest absolute Gasteiger partial charge is 0.503 e. The van der Waals surface area contributed by atoms with Crippen LogP contribution in [0.25, 0.3) is 6.08 Å². The summed E-state index contributed by atoms with van der Waals surface area (Å²) in [5, 5.41) is 9.71. The second-order valence-electron chi connectivity index (χ2n) is 4.86. The summed E-state index contributed by atoms with van der Waals surface area (Å²) in [5.74, 6) is -0.725. The van der Waals surface area contributed by atoms with Crippen LogP contribution in [-0.2, 0) is 6.18 Å². The molecular formula is C16H11BrF3NO4. The summed E-state index contributed by atoms with van der Waals surface area (Å²) < 4.78 is 42.8. The molecule has 0 aliphatic rings. The average molecular weight is 418 g/mol. The highest BCUT2D eigenvalue weighted by Gasteiger charge is 2.32. The number of ether oxygens (including phenoxy) is 1. The molecule has 0 saturated heterocycles. The number of carbonyl (C=O) groups excluding carboxylic acids is 1. The first kappa shape index (κ1) is 18.8. The number of hydrogen-bond donors (Lipinski definition) is 2. The third-order valence-corrected chi connectivity index (χ3v) is 3.78. The first-order valence-electron chi connectivity index (χ1n) is 6.73. The van der Waals surface area contributed by atoms with Crippen molar-refractivity contribution in [1.29, 1.82) is 0 Å². The summed E-state index contributed by atoms with van der Waals surface area (Å²) in [6, 6.07) is 4.39. The minimum Gasteiger partial charge on any atom is -0.503 e. The Kier molecular flexibility index (Phi) is 5.36. The van der Waals surface area contributed by atoms with Gasteiger partial charge < -0.3 is 14.8 Å². The van der Waals surface area contributed by atoms with Gasteiger partial charge in [0.05, 0.1) is 17.1 Å². The molecule has 0 aliphatic carbocycles. The Labute approximate surface area is 147 Å². The second kappa shape index (κ2) is 7.14. The van der Waals surface area contributed by atoms with Crippen molar-refractivity contribution < 1.29 is 27.8 Å². The smallest absolute Gasteiger partial charge is 0.431 e. The molecule has 0 radical (unpaired) electrons. The second-order valence-corrected chi connectivity index (χ2v) is 5.72. The van der Waals surface area contributed by atoms with E-state index in [1.54, 1.807) is 4.98 Å². The van der Waals surface area contributed by atoms with Gasteiger partial charge in [0.25, 0.3) is 5.56 Å². The number of nitrogens with one attached hydrogen (secondary N) is 1. The molecule has 9 heteroatoms. The third kappa shape index (κ3) is 4.30. The van der Waals surface area contributed by atoms with E-state index in [9.17, 15) is 27.9 Å². The van der Waals surface area contributed by atoms with Gasteiger partial charge in [0, 0.05) is 0 Å². The highest BCUT2D eigenvalue weighted by Crippen LogP contribution is 2.35. The molecule has 1 aromatic heterocycles. The van der Waals surface area contributed by atoms with Gasteiger partial charge in [0.15, 0.2) is 17.3 Å². The number of aromatic nitrogens is 1. The molecule has 0 amide bonds. The fourth-order valence-corrected chi connectivity index (χ4v) is 2.40. The van der Waals surface area contributed by atoms with Gasteiger partial charge in [-0.15, -0.1) is 0 Å². The molecule has 0 aliphatic heterocycles. The summed E-state index contributed by atoms with van der Waals surface area (Å²) in [6.45, 7) is 0. The number of aromatic amines is 1. The Balaban J connectivity index is 2.30. The van der Waals surface area contributed by atoms with Gasteiger partial charge in [-0.3, -0.25) is 9.59 Å². The monoisotopic (exact) mass is 417 g/mol. The molecule has 0 spiro atoms. The van der Waals surface area contributed by atoms with Crippen molar-refractivity contribution >= 4 is 27.8 Å². The number of pyridine rings is 1. The van der Waals surface area contributed by atoms with Crippen LogP contribution in [0.1, 0.15) is 21.6 Å². The van der Waals surface area contributed by atoms with Crippen LogP contribution < -0.4 is 10.3 Å². The van der Waals surface area contributed by atoms with Crippen molar-refractivity contribution in [3.63, 3.8) is 0 Å². The van der Waals surface area contributed by atoms with Crippen LogP contribution in [0.5, 0.6) is 11.5 Å².